The van der Waals surface area contributed by atoms with Gasteiger partial charge in [0.15, 0.2) is 0 Å². The minimum absolute atomic E-state index is 0.317. The van der Waals surface area contributed by atoms with Gasteiger partial charge in [-0.25, -0.2) is 8.42 Å². The van der Waals surface area contributed by atoms with Crippen molar-refractivity contribution in [2.75, 3.05) is 30.8 Å². The van der Waals surface area contributed by atoms with E-state index in [4.69, 9.17) is 16.3 Å². The van der Waals surface area contributed by atoms with Crippen molar-refractivity contribution in [1.29, 1.82) is 0 Å². The summed E-state index contributed by atoms with van der Waals surface area (Å²) in [4.78, 5) is 12.0. The number of nitrogens with zero attached hydrogens (tertiary/aromatic N) is 1. The molecule has 0 aliphatic carbocycles. The van der Waals surface area contributed by atoms with Crippen molar-refractivity contribution in [3.8, 4) is 0 Å². The fraction of sp³-hybridized carbons (Fsp3) is 0.462. The van der Waals surface area contributed by atoms with E-state index in [1.807, 2.05) is 0 Å². The molecule has 0 aliphatic rings. The van der Waals surface area contributed by atoms with Crippen LogP contribution in [0.5, 0.6) is 0 Å². The van der Waals surface area contributed by atoms with E-state index in [1.165, 1.54) is 14.0 Å². The molecule has 1 amide bonds. The Balaban J connectivity index is 2.98. The SMILES string of the molecule is COCCNC(=O)[C@@H](C)N(c1ccc(Cl)cc1)S(C)(=O)=O. The van der Waals surface area contributed by atoms with Crippen LogP contribution in [0.15, 0.2) is 24.3 Å². The van der Waals surface area contributed by atoms with Gasteiger partial charge >= 0.3 is 0 Å². The number of rotatable bonds is 7. The number of ether oxygens (including phenoxy) is 1. The first-order chi connectivity index (χ1) is 9.77. The molecule has 1 aromatic carbocycles. The molecule has 0 fully saturated rings. The van der Waals surface area contributed by atoms with E-state index in [9.17, 15) is 13.2 Å². The van der Waals surface area contributed by atoms with Gasteiger partial charge in [-0.3, -0.25) is 9.10 Å². The molecule has 0 unspecified atom stereocenters. The summed E-state index contributed by atoms with van der Waals surface area (Å²) < 4.78 is 29.9. The predicted octanol–water partition coefficient (Wildman–Crippen LogP) is 1.26. The first-order valence-electron chi connectivity index (χ1n) is 6.29. The van der Waals surface area contributed by atoms with Gasteiger partial charge in [0, 0.05) is 18.7 Å². The first kappa shape index (κ1) is 17.7. The number of carbonyl (C=O) groups excluding carboxylic acids is 1. The van der Waals surface area contributed by atoms with E-state index in [1.54, 1.807) is 24.3 Å². The van der Waals surface area contributed by atoms with E-state index in [0.717, 1.165) is 10.6 Å². The van der Waals surface area contributed by atoms with Crippen molar-refractivity contribution < 1.29 is 17.9 Å². The molecule has 1 rings (SSSR count). The smallest absolute Gasteiger partial charge is 0.243 e. The van der Waals surface area contributed by atoms with Crippen LogP contribution in [0.2, 0.25) is 5.02 Å². The Morgan fingerprint density at radius 2 is 1.95 bits per heavy atom. The van der Waals surface area contributed by atoms with Crippen LogP contribution in [0.3, 0.4) is 0 Å². The van der Waals surface area contributed by atoms with E-state index < -0.39 is 22.0 Å². The molecule has 0 heterocycles. The maximum Gasteiger partial charge on any atom is 0.243 e. The Bertz CT molecular complexity index is 574. The molecule has 0 spiro atoms. The molecule has 6 nitrogen and oxygen atoms in total. The fourth-order valence-electron chi connectivity index (χ4n) is 1.82. The van der Waals surface area contributed by atoms with E-state index in [2.05, 4.69) is 5.32 Å². The van der Waals surface area contributed by atoms with Gasteiger partial charge in [-0.05, 0) is 31.2 Å². The van der Waals surface area contributed by atoms with Gasteiger partial charge < -0.3 is 10.1 Å². The molecule has 0 bridgehead atoms. The van der Waals surface area contributed by atoms with Gasteiger partial charge in [-0.1, -0.05) is 11.6 Å². The van der Waals surface area contributed by atoms with Crippen molar-refractivity contribution >= 4 is 33.2 Å². The zero-order chi connectivity index (χ0) is 16.0. The lowest BCUT2D eigenvalue weighted by Gasteiger charge is -2.28. The average molecular weight is 335 g/mol. The molecule has 118 valence electrons. The number of anilines is 1. The highest BCUT2D eigenvalue weighted by atomic mass is 35.5. The van der Waals surface area contributed by atoms with Crippen LogP contribution >= 0.6 is 11.6 Å². The maximum absolute atomic E-state index is 12.0. The standard InChI is InChI=1S/C13H19ClN2O4S/c1-10(13(17)15-8-9-20-2)16(21(3,18)19)12-6-4-11(14)5-7-12/h4-7,10H,8-9H2,1-3H3,(H,15,17)/t10-/m1/s1. The summed E-state index contributed by atoms with van der Waals surface area (Å²) in [6, 6.07) is 5.39. The minimum Gasteiger partial charge on any atom is -0.383 e. The highest BCUT2D eigenvalue weighted by Gasteiger charge is 2.28. The number of hydrogen-bond donors (Lipinski definition) is 1. The Morgan fingerprint density at radius 1 is 1.38 bits per heavy atom. The van der Waals surface area contributed by atoms with Gasteiger partial charge in [0.1, 0.15) is 6.04 Å². The summed E-state index contributed by atoms with van der Waals surface area (Å²) in [5, 5.41) is 3.11. The highest BCUT2D eigenvalue weighted by molar-refractivity contribution is 7.92. The zero-order valence-electron chi connectivity index (χ0n) is 12.2. The van der Waals surface area contributed by atoms with Crippen LogP contribution in [0, 0.1) is 0 Å². The van der Waals surface area contributed by atoms with E-state index >= 15 is 0 Å². The number of hydrogen-bond acceptors (Lipinski definition) is 4. The summed E-state index contributed by atoms with van der Waals surface area (Å²) in [6.45, 7) is 2.20. The number of benzene rings is 1. The molecule has 1 N–H and O–H groups in total. The maximum atomic E-state index is 12.0. The predicted molar refractivity (Wildman–Crippen MR) is 83.1 cm³/mol. The second kappa shape index (κ2) is 7.63. The number of nitrogens with one attached hydrogen (secondary N) is 1. The van der Waals surface area contributed by atoms with Gasteiger partial charge in [0.2, 0.25) is 15.9 Å². The summed E-state index contributed by atoms with van der Waals surface area (Å²) in [5.41, 5.74) is 0.385. The number of methoxy groups -OCH3 is 1. The topological polar surface area (TPSA) is 75.7 Å². The molecule has 1 aromatic rings. The van der Waals surface area contributed by atoms with Gasteiger partial charge in [0.05, 0.1) is 18.6 Å². The summed E-state index contributed by atoms with van der Waals surface area (Å²) in [6.07, 6.45) is 1.06. The molecule has 0 radical (unpaired) electrons. The fourth-order valence-corrected chi connectivity index (χ4v) is 3.12. The quantitative estimate of drug-likeness (QED) is 0.762. The molecular formula is C13H19ClN2O4S. The third-order valence-corrected chi connectivity index (χ3v) is 4.27. The van der Waals surface area contributed by atoms with Crippen LogP contribution in [0.4, 0.5) is 5.69 Å². The number of sulfonamides is 1. The number of amides is 1. The normalized spacial score (nSPS) is 12.8. The molecule has 0 saturated carbocycles. The monoisotopic (exact) mass is 334 g/mol. The minimum atomic E-state index is -3.61. The lowest BCUT2D eigenvalue weighted by molar-refractivity contribution is -0.122. The number of carbonyl (C=O) groups is 1. The largest absolute Gasteiger partial charge is 0.383 e. The van der Waals surface area contributed by atoms with Crippen molar-refractivity contribution in [3.05, 3.63) is 29.3 Å². The lowest BCUT2D eigenvalue weighted by atomic mass is 10.2. The summed E-state index contributed by atoms with van der Waals surface area (Å²) >= 11 is 5.80. The highest BCUT2D eigenvalue weighted by Crippen LogP contribution is 2.22. The van der Waals surface area contributed by atoms with Crippen LogP contribution in [0.25, 0.3) is 0 Å². The van der Waals surface area contributed by atoms with Crippen LogP contribution in [-0.2, 0) is 19.6 Å². The Labute approximate surface area is 130 Å². The molecule has 8 heteroatoms. The Hall–Kier alpha value is -1.31. The van der Waals surface area contributed by atoms with Crippen molar-refractivity contribution in [3.63, 3.8) is 0 Å². The Kier molecular flexibility index (Phi) is 6.44. The molecule has 21 heavy (non-hydrogen) atoms. The molecular weight excluding hydrogens is 316 g/mol. The molecule has 1 atom stereocenters. The summed E-state index contributed by atoms with van der Waals surface area (Å²) in [7, 11) is -2.09. The summed E-state index contributed by atoms with van der Waals surface area (Å²) in [5.74, 6) is -0.396. The average Bonchev–Trinajstić information content (AvgIpc) is 2.39. The first-order valence-corrected chi connectivity index (χ1v) is 8.51. The molecule has 0 aliphatic heterocycles. The molecule has 0 saturated heterocycles. The van der Waals surface area contributed by atoms with Gasteiger partial charge in [-0.15, -0.1) is 0 Å². The number of halogens is 1. The van der Waals surface area contributed by atoms with Crippen LogP contribution in [0.1, 0.15) is 6.92 Å². The lowest BCUT2D eigenvalue weighted by Crippen LogP contribution is -2.48. The van der Waals surface area contributed by atoms with Crippen LogP contribution in [-0.4, -0.2) is 46.9 Å². The third kappa shape index (κ3) is 5.18. The van der Waals surface area contributed by atoms with Crippen molar-refractivity contribution in [2.24, 2.45) is 0 Å². The van der Waals surface area contributed by atoms with E-state index in [0.29, 0.717) is 23.9 Å². The van der Waals surface area contributed by atoms with Crippen molar-refractivity contribution in [1.82, 2.24) is 5.32 Å². The van der Waals surface area contributed by atoms with Gasteiger partial charge in [-0.2, -0.15) is 0 Å². The molecule has 0 aromatic heterocycles. The zero-order valence-corrected chi connectivity index (χ0v) is 13.7. The second-order valence-corrected chi connectivity index (χ2v) is 6.79. The van der Waals surface area contributed by atoms with E-state index in [-0.39, 0.29) is 0 Å². The Morgan fingerprint density at radius 3 is 2.43 bits per heavy atom. The van der Waals surface area contributed by atoms with Crippen molar-refractivity contribution in [2.45, 2.75) is 13.0 Å². The van der Waals surface area contributed by atoms with Crippen LogP contribution < -0.4 is 9.62 Å². The third-order valence-electron chi connectivity index (χ3n) is 2.78. The second-order valence-electron chi connectivity index (χ2n) is 4.50. The van der Waals surface area contributed by atoms with Gasteiger partial charge in [0.25, 0.3) is 0 Å².